The summed E-state index contributed by atoms with van der Waals surface area (Å²) in [6.07, 6.45) is 6.98. The fourth-order valence-corrected chi connectivity index (χ4v) is 5.54. The van der Waals surface area contributed by atoms with Crippen LogP contribution in [0.3, 0.4) is 0 Å². The molecule has 1 aliphatic carbocycles. The molecule has 1 aliphatic rings. The van der Waals surface area contributed by atoms with Crippen LogP contribution in [0.1, 0.15) is 80.1 Å². The van der Waals surface area contributed by atoms with Gasteiger partial charge in [-0.05, 0) is 50.4 Å². The molecule has 0 N–H and O–H groups in total. The van der Waals surface area contributed by atoms with Gasteiger partial charge in [0, 0.05) is 16.4 Å². The summed E-state index contributed by atoms with van der Waals surface area (Å²) >= 11 is 1.97. The maximum Gasteiger partial charge on any atom is 0.131 e. The number of Topliss-reactive ketones (excluding diaryl/α,β-unsaturated/α-hetero) is 1. The molecule has 0 bridgehead atoms. The Balaban J connectivity index is 2.50. The van der Waals surface area contributed by atoms with Crippen molar-refractivity contribution < 1.29 is 4.79 Å². The van der Waals surface area contributed by atoms with E-state index < -0.39 is 0 Å². The predicted molar refractivity (Wildman–Crippen MR) is 95.9 cm³/mol. The molecule has 0 heterocycles. The number of hydrogen-bond donors (Lipinski definition) is 0. The van der Waals surface area contributed by atoms with E-state index in [9.17, 15) is 4.79 Å². The van der Waals surface area contributed by atoms with Gasteiger partial charge in [0.2, 0.25) is 0 Å². The van der Waals surface area contributed by atoms with Crippen LogP contribution in [0.4, 0.5) is 0 Å². The molecular weight excluding hydrogens is 276 g/mol. The minimum absolute atomic E-state index is 0.0599. The van der Waals surface area contributed by atoms with Crippen molar-refractivity contribution in [2.24, 2.45) is 11.3 Å². The number of carbonyl (C=O) groups excluding carboxylic acids is 1. The highest BCUT2D eigenvalue weighted by Gasteiger charge is 2.34. The summed E-state index contributed by atoms with van der Waals surface area (Å²) in [6, 6.07) is 0. The molecule has 1 rings (SSSR count). The molecular formula is C19H34OS. The van der Waals surface area contributed by atoms with Crippen molar-refractivity contribution in [1.82, 2.24) is 0 Å². The average Bonchev–Trinajstić information content (AvgIpc) is 2.24. The van der Waals surface area contributed by atoms with E-state index in [0.29, 0.717) is 28.8 Å². The smallest absolute Gasteiger partial charge is 0.131 e. The van der Waals surface area contributed by atoms with Crippen molar-refractivity contribution in [1.29, 1.82) is 0 Å². The van der Waals surface area contributed by atoms with Crippen LogP contribution in [-0.2, 0) is 4.79 Å². The topological polar surface area (TPSA) is 17.1 Å². The lowest BCUT2D eigenvalue weighted by molar-refractivity contribution is -0.117. The lowest BCUT2D eigenvalue weighted by atomic mass is 9.65. The maximum absolute atomic E-state index is 11.3. The zero-order valence-electron chi connectivity index (χ0n) is 14.9. The van der Waals surface area contributed by atoms with Gasteiger partial charge in [0.05, 0.1) is 0 Å². The Kier molecular flexibility index (Phi) is 6.58. The van der Waals surface area contributed by atoms with Crippen LogP contribution in [0.25, 0.3) is 0 Å². The molecule has 0 aromatic rings. The van der Waals surface area contributed by atoms with E-state index in [-0.39, 0.29) is 4.75 Å². The van der Waals surface area contributed by atoms with Crippen molar-refractivity contribution in [2.45, 2.75) is 90.1 Å². The highest BCUT2D eigenvalue weighted by Crippen LogP contribution is 2.46. The molecule has 0 radical (unpaired) electrons. The zero-order chi connectivity index (χ0) is 16.3. The van der Waals surface area contributed by atoms with Gasteiger partial charge in [-0.25, -0.2) is 0 Å². The molecule has 1 fully saturated rings. The lowest BCUT2D eigenvalue weighted by Crippen LogP contribution is -2.30. The molecule has 2 unspecified atom stereocenters. The van der Waals surface area contributed by atoms with Gasteiger partial charge >= 0.3 is 0 Å². The first kappa shape index (κ1) is 18.8. The van der Waals surface area contributed by atoms with E-state index in [0.717, 1.165) is 0 Å². The number of allylic oxidation sites excluding steroid dienone is 1. The fourth-order valence-electron chi connectivity index (χ4n) is 3.91. The Morgan fingerprint density at radius 3 is 2.62 bits per heavy atom. The molecule has 0 saturated heterocycles. The van der Waals surface area contributed by atoms with E-state index in [1.165, 1.54) is 37.7 Å². The second-order valence-electron chi connectivity index (χ2n) is 8.20. The van der Waals surface area contributed by atoms with Gasteiger partial charge in [-0.15, -0.1) is 0 Å². The highest BCUT2D eigenvalue weighted by atomic mass is 32.2. The minimum Gasteiger partial charge on any atom is -0.300 e. The molecule has 0 aliphatic heterocycles. The first-order valence-corrected chi connectivity index (χ1v) is 9.26. The summed E-state index contributed by atoms with van der Waals surface area (Å²) in [7, 11) is 0. The minimum atomic E-state index is 0.0599. The summed E-state index contributed by atoms with van der Waals surface area (Å²) in [5, 5.41) is 0.602. The van der Waals surface area contributed by atoms with Crippen LogP contribution in [0.2, 0.25) is 0 Å². The van der Waals surface area contributed by atoms with Gasteiger partial charge in [-0.3, -0.25) is 4.79 Å². The molecule has 21 heavy (non-hydrogen) atoms. The van der Waals surface area contributed by atoms with Gasteiger partial charge < -0.3 is 0 Å². The van der Waals surface area contributed by atoms with Crippen LogP contribution >= 0.6 is 11.8 Å². The lowest BCUT2D eigenvalue weighted by Gasteiger charge is -2.41. The van der Waals surface area contributed by atoms with Crippen LogP contribution in [0.5, 0.6) is 0 Å². The standard InChI is InChI=1S/C19H34OS/c1-14-9-8-12-18(4,5)17(14)11-10-16(3)21-19(6,7)13-15(2)20/h16-17H,1,8-13H2,2-7H3. The van der Waals surface area contributed by atoms with Gasteiger partial charge in [0.15, 0.2) is 0 Å². The Hall–Kier alpha value is -0.240. The second kappa shape index (κ2) is 7.35. The first-order chi connectivity index (χ1) is 9.53. The normalized spacial score (nSPS) is 23.9. The molecule has 0 spiro atoms. The molecule has 2 atom stereocenters. The highest BCUT2D eigenvalue weighted by molar-refractivity contribution is 8.01. The number of ketones is 1. The van der Waals surface area contributed by atoms with Crippen LogP contribution in [0, 0.1) is 11.3 Å². The molecule has 0 aromatic carbocycles. The van der Waals surface area contributed by atoms with E-state index >= 15 is 0 Å². The van der Waals surface area contributed by atoms with Crippen molar-refractivity contribution >= 4 is 17.5 Å². The number of carbonyl (C=O) groups is 1. The third-order valence-corrected chi connectivity index (χ3v) is 6.23. The summed E-state index contributed by atoms with van der Waals surface area (Å²) in [6.45, 7) is 17.5. The van der Waals surface area contributed by atoms with Crippen LogP contribution in [-0.4, -0.2) is 15.8 Å². The summed E-state index contributed by atoms with van der Waals surface area (Å²) in [4.78, 5) is 11.3. The molecule has 0 aromatic heterocycles. The van der Waals surface area contributed by atoms with Gasteiger partial charge in [-0.2, -0.15) is 11.8 Å². The third-order valence-electron chi connectivity index (χ3n) is 4.81. The molecule has 122 valence electrons. The number of rotatable bonds is 7. The van der Waals surface area contributed by atoms with Gasteiger partial charge in [0.25, 0.3) is 0 Å². The Labute approximate surface area is 136 Å². The molecule has 0 amide bonds. The monoisotopic (exact) mass is 310 g/mol. The average molecular weight is 311 g/mol. The van der Waals surface area contributed by atoms with E-state index in [2.05, 4.69) is 41.2 Å². The predicted octanol–water partition coefficient (Wildman–Crippen LogP) is 6.03. The second-order valence-corrected chi connectivity index (χ2v) is 10.3. The summed E-state index contributed by atoms with van der Waals surface area (Å²) in [5.74, 6) is 0.965. The zero-order valence-corrected chi connectivity index (χ0v) is 15.7. The Bertz CT molecular complexity index is 381. The van der Waals surface area contributed by atoms with Gasteiger partial charge in [-0.1, -0.05) is 46.8 Å². The van der Waals surface area contributed by atoms with E-state index in [1.54, 1.807) is 6.92 Å². The van der Waals surface area contributed by atoms with Crippen LogP contribution in [0.15, 0.2) is 12.2 Å². The first-order valence-electron chi connectivity index (χ1n) is 8.38. The van der Waals surface area contributed by atoms with E-state index in [1.807, 2.05) is 11.8 Å². The molecule has 1 nitrogen and oxygen atoms in total. The Morgan fingerprint density at radius 2 is 2.10 bits per heavy atom. The Morgan fingerprint density at radius 1 is 1.48 bits per heavy atom. The van der Waals surface area contributed by atoms with Crippen molar-refractivity contribution in [3.05, 3.63) is 12.2 Å². The third kappa shape index (κ3) is 6.18. The van der Waals surface area contributed by atoms with Gasteiger partial charge in [0.1, 0.15) is 5.78 Å². The quantitative estimate of drug-likeness (QED) is 0.534. The van der Waals surface area contributed by atoms with Crippen LogP contribution < -0.4 is 0 Å². The van der Waals surface area contributed by atoms with Crippen molar-refractivity contribution in [3.63, 3.8) is 0 Å². The molecule has 2 heteroatoms. The fraction of sp³-hybridized carbons (Fsp3) is 0.842. The van der Waals surface area contributed by atoms with E-state index in [4.69, 9.17) is 0 Å². The number of thioether (sulfide) groups is 1. The summed E-state index contributed by atoms with van der Waals surface area (Å²) < 4.78 is 0.0599. The van der Waals surface area contributed by atoms with Crippen molar-refractivity contribution in [3.8, 4) is 0 Å². The largest absolute Gasteiger partial charge is 0.300 e. The number of hydrogen-bond acceptors (Lipinski definition) is 2. The summed E-state index contributed by atoms with van der Waals surface area (Å²) in [5.41, 5.74) is 1.88. The van der Waals surface area contributed by atoms with Crippen molar-refractivity contribution in [2.75, 3.05) is 0 Å². The molecule has 1 saturated carbocycles. The maximum atomic E-state index is 11.3. The SMILES string of the molecule is C=C1CCCC(C)(C)C1CCC(C)SC(C)(C)CC(C)=O.